The molecular weight excluding hydrogens is 558 g/mol. The third-order valence-electron chi connectivity index (χ3n) is 8.02. The van der Waals surface area contributed by atoms with Crippen molar-refractivity contribution in [1.82, 2.24) is 10.2 Å². The van der Waals surface area contributed by atoms with Crippen molar-refractivity contribution in [2.45, 2.75) is 64.5 Å². The quantitative estimate of drug-likeness (QED) is 0.264. The molecule has 3 unspecified atom stereocenters. The number of thiophene rings is 1. The van der Waals surface area contributed by atoms with Crippen molar-refractivity contribution in [1.29, 1.82) is 5.26 Å². The summed E-state index contributed by atoms with van der Waals surface area (Å²) in [7, 11) is 2.22. The van der Waals surface area contributed by atoms with Gasteiger partial charge in [-0.2, -0.15) is 5.26 Å². The number of hydrogen-bond donors (Lipinski definition) is 2. The van der Waals surface area contributed by atoms with Crippen molar-refractivity contribution in [2.75, 3.05) is 13.6 Å². The second-order valence-electron chi connectivity index (χ2n) is 10.2. The molecule has 38 heavy (non-hydrogen) atoms. The fourth-order valence-corrected chi connectivity index (χ4v) is 7.01. The molecule has 2 N–H and O–H groups in total. The van der Waals surface area contributed by atoms with Crippen LogP contribution in [0.1, 0.15) is 76.0 Å². The highest BCUT2D eigenvalue weighted by molar-refractivity contribution is 9.10. The highest BCUT2D eigenvalue weighted by Crippen LogP contribution is 2.38. The predicted molar refractivity (Wildman–Crippen MR) is 158 cm³/mol. The normalized spacial score (nSPS) is 16.5. The summed E-state index contributed by atoms with van der Waals surface area (Å²) in [6.07, 6.45) is 5.70. The molecule has 0 fully saturated rings. The number of nitriles is 1. The van der Waals surface area contributed by atoms with Gasteiger partial charge in [0.25, 0.3) is 5.91 Å². The molecule has 4 rings (SSSR count). The number of halogens is 1. The Balaban J connectivity index is 1.38. The SMILES string of the molecule is CCC(CCc1sc2c(c1C#N)CCC(N(C)C(C)c1ccc(Br)cc1)C2)CNC(=O)c1ccccc1O. The molecule has 0 radical (unpaired) electrons. The van der Waals surface area contributed by atoms with Crippen LogP contribution in [0, 0.1) is 17.2 Å². The lowest BCUT2D eigenvalue weighted by Crippen LogP contribution is -2.37. The molecule has 1 amide bonds. The highest BCUT2D eigenvalue weighted by Gasteiger charge is 2.30. The van der Waals surface area contributed by atoms with Crippen molar-refractivity contribution in [2.24, 2.45) is 5.92 Å². The minimum absolute atomic E-state index is 0.00365. The number of hydrogen-bond acceptors (Lipinski definition) is 5. The molecule has 2 aromatic carbocycles. The van der Waals surface area contributed by atoms with E-state index in [2.05, 4.69) is 77.4 Å². The van der Waals surface area contributed by atoms with Gasteiger partial charge in [0, 0.05) is 32.9 Å². The molecule has 7 heteroatoms. The van der Waals surface area contributed by atoms with Crippen LogP contribution in [0.5, 0.6) is 5.75 Å². The van der Waals surface area contributed by atoms with Crippen LogP contribution in [0.15, 0.2) is 53.0 Å². The lowest BCUT2D eigenvalue weighted by molar-refractivity contribution is 0.0943. The first-order valence-electron chi connectivity index (χ1n) is 13.4. The number of fused-ring (bicyclic) bond motifs is 1. The minimum atomic E-state index is -0.252. The van der Waals surface area contributed by atoms with E-state index in [-0.39, 0.29) is 11.7 Å². The molecule has 0 saturated carbocycles. The summed E-state index contributed by atoms with van der Waals surface area (Å²) in [6.45, 7) is 4.95. The van der Waals surface area contributed by atoms with Crippen LogP contribution < -0.4 is 5.32 Å². The molecule has 3 atom stereocenters. The summed E-state index contributed by atoms with van der Waals surface area (Å²) in [5.74, 6) is 0.0514. The van der Waals surface area contributed by atoms with E-state index in [1.54, 1.807) is 18.2 Å². The minimum Gasteiger partial charge on any atom is -0.507 e. The third kappa shape index (κ3) is 6.48. The number of carbonyl (C=O) groups excluding carboxylic acids is 1. The van der Waals surface area contributed by atoms with Crippen molar-refractivity contribution in [3.05, 3.63) is 85.0 Å². The Morgan fingerprint density at radius 3 is 2.68 bits per heavy atom. The second kappa shape index (κ2) is 12.9. The molecule has 0 spiro atoms. The number of rotatable bonds is 10. The van der Waals surface area contributed by atoms with Crippen LogP contribution >= 0.6 is 27.3 Å². The number of aromatic hydroxyl groups is 1. The van der Waals surface area contributed by atoms with Gasteiger partial charge < -0.3 is 10.4 Å². The molecule has 3 aromatic rings. The zero-order chi connectivity index (χ0) is 27.2. The summed E-state index contributed by atoms with van der Waals surface area (Å²) in [4.78, 5) is 17.5. The molecular formula is C31H36BrN3O2S. The summed E-state index contributed by atoms with van der Waals surface area (Å²) >= 11 is 5.35. The fraction of sp³-hybridized carbons (Fsp3) is 0.419. The molecule has 1 heterocycles. The molecule has 1 aliphatic carbocycles. The average molecular weight is 595 g/mol. The van der Waals surface area contributed by atoms with Crippen LogP contribution in [-0.4, -0.2) is 35.5 Å². The summed E-state index contributed by atoms with van der Waals surface area (Å²) in [6, 6.07) is 18.5. The van der Waals surface area contributed by atoms with Crippen LogP contribution in [0.4, 0.5) is 0 Å². The maximum atomic E-state index is 12.5. The number of benzene rings is 2. The molecule has 0 saturated heterocycles. The van der Waals surface area contributed by atoms with Crippen molar-refractivity contribution in [3.8, 4) is 11.8 Å². The smallest absolute Gasteiger partial charge is 0.255 e. The number of amides is 1. The van der Waals surface area contributed by atoms with Crippen molar-refractivity contribution >= 4 is 33.2 Å². The number of likely N-dealkylation sites (N-methyl/N-ethyl adjacent to an activating group) is 1. The molecule has 0 aliphatic heterocycles. The highest BCUT2D eigenvalue weighted by atomic mass is 79.9. The van der Waals surface area contributed by atoms with Gasteiger partial charge in [0.05, 0.1) is 11.1 Å². The molecule has 5 nitrogen and oxygen atoms in total. The molecule has 200 valence electrons. The second-order valence-corrected chi connectivity index (χ2v) is 12.3. The summed E-state index contributed by atoms with van der Waals surface area (Å²) in [5, 5.41) is 22.9. The first-order chi connectivity index (χ1) is 18.3. The lowest BCUT2D eigenvalue weighted by Gasteiger charge is -2.35. The van der Waals surface area contributed by atoms with Crippen LogP contribution in [-0.2, 0) is 19.3 Å². The van der Waals surface area contributed by atoms with E-state index in [1.807, 2.05) is 11.3 Å². The van der Waals surface area contributed by atoms with E-state index in [0.29, 0.717) is 30.1 Å². The summed E-state index contributed by atoms with van der Waals surface area (Å²) < 4.78 is 1.09. The van der Waals surface area contributed by atoms with E-state index < -0.39 is 0 Å². The van der Waals surface area contributed by atoms with Crippen molar-refractivity contribution < 1.29 is 9.90 Å². The van der Waals surface area contributed by atoms with Gasteiger partial charge in [0.2, 0.25) is 0 Å². The van der Waals surface area contributed by atoms with Gasteiger partial charge >= 0.3 is 0 Å². The number of phenols is 1. The first-order valence-corrected chi connectivity index (χ1v) is 15.0. The van der Waals surface area contributed by atoms with Gasteiger partial charge in [0.1, 0.15) is 11.8 Å². The van der Waals surface area contributed by atoms with Gasteiger partial charge in [-0.05, 0) is 87.4 Å². The number of aryl methyl sites for hydroxylation is 1. The Morgan fingerprint density at radius 1 is 1.26 bits per heavy atom. The Hall–Kier alpha value is -2.66. The number of phenolic OH excluding ortho intramolecular Hbond substituents is 1. The number of nitrogens with one attached hydrogen (secondary N) is 1. The van der Waals surface area contributed by atoms with E-state index in [4.69, 9.17) is 0 Å². The van der Waals surface area contributed by atoms with Crippen molar-refractivity contribution in [3.63, 3.8) is 0 Å². The van der Waals surface area contributed by atoms with Crippen LogP contribution in [0.3, 0.4) is 0 Å². The monoisotopic (exact) mass is 593 g/mol. The standard InChI is InChI=1S/C31H36BrN3O2S/c1-4-21(19-34-31(37)26-7-5-6-8-28(26)36)9-16-29-27(18-33)25-15-14-24(17-30(25)38-29)35(3)20(2)22-10-12-23(32)13-11-22/h5-8,10-13,20-21,24,36H,4,9,14-17,19H2,1-3H3,(H,34,37). The maximum Gasteiger partial charge on any atom is 0.255 e. The Bertz CT molecular complexity index is 1300. The Labute approximate surface area is 238 Å². The molecule has 0 bridgehead atoms. The largest absolute Gasteiger partial charge is 0.507 e. The van der Waals surface area contributed by atoms with Gasteiger partial charge in [-0.1, -0.05) is 53.5 Å². The maximum absolute atomic E-state index is 12.5. The summed E-state index contributed by atoms with van der Waals surface area (Å²) in [5.41, 5.74) is 3.76. The average Bonchev–Trinajstić information content (AvgIpc) is 3.29. The topological polar surface area (TPSA) is 76.4 Å². The van der Waals surface area contributed by atoms with Crippen LogP contribution in [0.25, 0.3) is 0 Å². The first kappa shape index (κ1) is 28.4. The Morgan fingerprint density at radius 2 is 2.00 bits per heavy atom. The van der Waals surface area contributed by atoms with E-state index in [1.165, 1.54) is 26.9 Å². The van der Waals surface area contributed by atoms with E-state index >= 15 is 0 Å². The predicted octanol–water partition coefficient (Wildman–Crippen LogP) is 7.03. The number of carbonyl (C=O) groups is 1. The Kier molecular flexibility index (Phi) is 9.64. The zero-order valence-electron chi connectivity index (χ0n) is 22.3. The van der Waals surface area contributed by atoms with E-state index in [0.717, 1.165) is 48.6 Å². The molecule has 1 aromatic heterocycles. The van der Waals surface area contributed by atoms with Gasteiger partial charge in [-0.25, -0.2) is 0 Å². The fourth-order valence-electron chi connectivity index (χ4n) is 5.36. The van der Waals surface area contributed by atoms with Gasteiger partial charge in [-0.3, -0.25) is 9.69 Å². The lowest BCUT2D eigenvalue weighted by atomic mass is 9.89. The van der Waals surface area contributed by atoms with E-state index in [9.17, 15) is 15.2 Å². The number of nitrogens with zero attached hydrogens (tertiary/aromatic N) is 2. The third-order valence-corrected chi connectivity index (χ3v) is 9.86. The van der Waals surface area contributed by atoms with Gasteiger partial charge in [-0.15, -0.1) is 11.3 Å². The zero-order valence-corrected chi connectivity index (χ0v) is 24.7. The van der Waals surface area contributed by atoms with Crippen LogP contribution in [0.2, 0.25) is 0 Å². The molecule has 1 aliphatic rings. The number of para-hydroxylation sites is 1. The van der Waals surface area contributed by atoms with Gasteiger partial charge in [0.15, 0.2) is 0 Å².